The second-order valence-electron chi connectivity index (χ2n) is 4.01. The molecule has 88 valence electrons. The molecule has 0 amide bonds. The summed E-state index contributed by atoms with van der Waals surface area (Å²) < 4.78 is 0. The Morgan fingerprint density at radius 3 is 2.67 bits per heavy atom. The molecule has 0 radical (unpaired) electrons. The third-order valence-electron chi connectivity index (χ3n) is 2.83. The molecule has 3 aromatic rings. The number of aromatic carboxylic acids is 1. The smallest absolute Gasteiger partial charge is 0.336 e. The van der Waals surface area contributed by atoms with Crippen molar-refractivity contribution < 1.29 is 9.90 Å². The zero-order valence-corrected chi connectivity index (χ0v) is 9.98. The van der Waals surface area contributed by atoms with E-state index in [-0.39, 0.29) is 5.56 Å². The summed E-state index contributed by atoms with van der Waals surface area (Å²) in [5, 5.41) is 11.1. The Labute approximate surface area is 108 Å². The molecular weight excluding hydrogens is 250 g/mol. The average Bonchev–Trinajstić information content (AvgIpc) is 2.35. The SMILES string of the molecule is O=C(O)c1cc(Cl)cc2nc3ccccc3cc12. The molecule has 3 rings (SSSR count). The van der Waals surface area contributed by atoms with E-state index < -0.39 is 5.97 Å². The van der Waals surface area contributed by atoms with Gasteiger partial charge in [0.25, 0.3) is 0 Å². The lowest BCUT2D eigenvalue weighted by Gasteiger charge is -2.05. The van der Waals surface area contributed by atoms with Crippen molar-refractivity contribution in [1.29, 1.82) is 0 Å². The molecule has 1 aromatic heterocycles. The van der Waals surface area contributed by atoms with Crippen molar-refractivity contribution in [1.82, 2.24) is 4.98 Å². The standard InChI is InChI=1S/C14H8ClNO2/c15-9-6-11(14(17)18)10-5-8-3-1-2-4-12(8)16-13(10)7-9/h1-7H,(H,17,18). The molecule has 0 saturated heterocycles. The quantitative estimate of drug-likeness (QED) is 0.676. The van der Waals surface area contributed by atoms with Gasteiger partial charge in [0.2, 0.25) is 0 Å². The molecule has 2 aromatic carbocycles. The molecule has 0 spiro atoms. The van der Waals surface area contributed by atoms with Gasteiger partial charge in [0.1, 0.15) is 0 Å². The number of hydrogen-bond donors (Lipinski definition) is 1. The maximum Gasteiger partial charge on any atom is 0.336 e. The van der Waals surface area contributed by atoms with Crippen molar-refractivity contribution in [2.24, 2.45) is 0 Å². The number of benzene rings is 2. The molecule has 18 heavy (non-hydrogen) atoms. The molecular formula is C14H8ClNO2. The number of pyridine rings is 1. The minimum atomic E-state index is -1.00. The second kappa shape index (κ2) is 3.96. The monoisotopic (exact) mass is 257 g/mol. The summed E-state index contributed by atoms with van der Waals surface area (Å²) in [7, 11) is 0. The molecule has 0 aliphatic rings. The fourth-order valence-electron chi connectivity index (χ4n) is 2.02. The summed E-state index contributed by atoms with van der Waals surface area (Å²) in [6.07, 6.45) is 0. The number of carboxylic acid groups (broad SMARTS) is 1. The van der Waals surface area contributed by atoms with E-state index in [2.05, 4.69) is 4.98 Å². The molecule has 0 fully saturated rings. The Morgan fingerprint density at radius 1 is 1.11 bits per heavy atom. The van der Waals surface area contributed by atoms with Crippen LogP contribution >= 0.6 is 11.6 Å². The van der Waals surface area contributed by atoms with E-state index in [4.69, 9.17) is 11.6 Å². The van der Waals surface area contributed by atoms with Gasteiger partial charge in [-0.1, -0.05) is 29.8 Å². The number of aromatic nitrogens is 1. The topological polar surface area (TPSA) is 50.2 Å². The van der Waals surface area contributed by atoms with Crippen molar-refractivity contribution in [3.05, 3.63) is 53.1 Å². The number of fused-ring (bicyclic) bond motifs is 2. The van der Waals surface area contributed by atoms with Crippen molar-refractivity contribution in [2.75, 3.05) is 0 Å². The van der Waals surface area contributed by atoms with Crippen LogP contribution in [0.25, 0.3) is 21.8 Å². The zero-order chi connectivity index (χ0) is 12.7. The highest BCUT2D eigenvalue weighted by Gasteiger charge is 2.11. The van der Waals surface area contributed by atoms with Gasteiger partial charge >= 0.3 is 5.97 Å². The Hall–Kier alpha value is -2.13. The predicted octanol–water partition coefficient (Wildman–Crippen LogP) is 3.74. The van der Waals surface area contributed by atoms with Gasteiger partial charge in [-0.25, -0.2) is 9.78 Å². The first-order valence-electron chi connectivity index (χ1n) is 5.37. The summed E-state index contributed by atoms with van der Waals surface area (Å²) in [5.74, 6) is -1.00. The van der Waals surface area contributed by atoms with E-state index in [1.165, 1.54) is 6.07 Å². The van der Waals surface area contributed by atoms with E-state index in [9.17, 15) is 9.90 Å². The maximum absolute atomic E-state index is 11.2. The molecule has 0 atom stereocenters. The summed E-state index contributed by atoms with van der Waals surface area (Å²) >= 11 is 5.92. The van der Waals surface area contributed by atoms with Crippen molar-refractivity contribution in [3.8, 4) is 0 Å². The number of carbonyl (C=O) groups is 1. The number of para-hydroxylation sites is 1. The third-order valence-corrected chi connectivity index (χ3v) is 3.05. The molecule has 0 aliphatic heterocycles. The van der Waals surface area contributed by atoms with E-state index >= 15 is 0 Å². The van der Waals surface area contributed by atoms with Gasteiger partial charge in [-0.3, -0.25) is 0 Å². The molecule has 0 saturated carbocycles. The maximum atomic E-state index is 11.2. The molecule has 1 N–H and O–H groups in total. The minimum absolute atomic E-state index is 0.177. The lowest BCUT2D eigenvalue weighted by molar-refractivity contribution is 0.0699. The van der Waals surface area contributed by atoms with Gasteiger partial charge in [-0.15, -0.1) is 0 Å². The van der Waals surface area contributed by atoms with Crippen LogP contribution in [0.1, 0.15) is 10.4 Å². The van der Waals surface area contributed by atoms with Gasteiger partial charge in [-0.05, 0) is 24.3 Å². The van der Waals surface area contributed by atoms with Gasteiger partial charge in [0, 0.05) is 15.8 Å². The van der Waals surface area contributed by atoms with Gasteiger partial charge < -0.3 is 5.11 Å². The Balaban J connectivity index is 2.49. The number of carboxylic acids is 1. The van der Waals surface area contributed by atoms with Gasteiger partial charge in [0.05, 0.1) is 16.6 Å². The van der Waals surface area contributed by atoms with Crippen LogP contribution in [0.2, 0.25) is 5.02 Å². The highest BCUT2D eigenvalue weighted by Crippen LogP contribution is 2.26. The molecule has 0 aliphatic carbocycles. The molecule has 1 heterocycles. The van der Waals surface area contributed by atoms with Crippen LogP contribution in [0, 0.1) is 0 Å². The first kappa shape index (κ1) is 11.0. The first-order chi connectivity index (χ1) is 8.65. The molecule has 0 bridgehead atoms. The number of nitrogens with zero attached hydrogens (tertiary/aromatic N) is 1. The second-order valence-corrected chi connectivity index (χ2v) is 4.44. The summed E-state index contributed by atoms with van der Waals surface area (Å²) in [4.78, 5) is 15.7. The number of rotatable bonds is 1. The minimum Gasteiger partial charge on any atom is -0.478 e. The predicted molar refractivity (Wildman–Crippen MR) is 71.2 cm³/mol. The van der Waals surface area contributed by atoms with Crippen LogP contribution in [0.4, 0.5) is 0 Å². The third kappa shape index (κ3) is 1.69. The van der Waals surface area contributed by atoms with Crippen molar-refractivity contribution >= 4 is 39.4 Å². The van der Waals surface area contributed by atoms with E-state index in [0.29, 0.717) is 15.9 Å². The van der Waals surface area contributed by atoms with Crippen molar-refractivity contribution in [2.45, 2.75) is 0 Å². The van der Waals surface area contributed by atoms with E-state index in [0.717, 1.165) is 10.9 Å². The highest BCUT2D eigenvalue weighted by molar-refractivity contribution is 6.32. The molecule has 0 unspecified atom stereocenters. The van der Waals surface area contributed by atoms with Crippen LogP contribution in [0.3, 0.4) is 0 Å². The van der Waals surface area contributed by atoms with E-state index in [1.807, 2.05) is 30.3 Å². The lowest BCUT2D eigenvalue weighted by atomic mass is 10.1. The number of hydrogen-bond acceptors (Lipinski definition) is 2. The summed E-state index contributed by atoms with van der Waals surface area (Å²) in [5.41, 5.74) is 1.60. The van der Waals surface area contributed by atoms with Crippen LogP contribution in [0.15, 0.2) is 42.5 Å². The van der Waals surface area contributed by atoms with Crippen LogP contribution in [-0.4, -0.2) is 16.1 Å². The van der Waals surface area contributed by atoms with Crippen LogP contribution < -0.4 is 0 Å². The van der Waals surface area contributed by atoms with E-state index in [1.54, 1.807) is 6.07 Å². The molecule has 3 nitrogen and oxygen atoms in total. The van der Waals surface area contributed by atoms with Gasteiger partial charge in [-0.2, -0.15) is 0 Å². The lowest BCUT2D eigenvalue weighted by Crippen LogP contribution is -1.98. The van der Waals surface area contributed by atoms with Crippen LogP contribution in [-0.2, 0) is 0 Å². The van der Waals surface area contributed by atoms with Gasteiger partial charge in [0.15, 0.2) is 0 Å². The Bertz CT molecular complexity index is 783. The summed E-state index contributed by atoms with van der Waals surface area (Å²) in [6, 6.07) is 12.5. The zero-order valence-electron chi connectivity index (χ0n) is 9.22. The molecule has 4 heteroatoms. The average molecular weight is 258 g/mol. The Kier molecular flexibility index (Phi) is 2.42. The van der Waals surface area contributed by atoms with Crippen molar-refractivity contribution in [3.63, 3.8) is 0 Å². The number of halogens is 1. The first-order valence-corrected chi connectivity index (χ1v) is 5.75. The fraction of sp³-hybridized carbons (Fsp3) is 0. The highest BCUT2D eigenvalue weighted by atomic mass is 35.5. The Morgan fingerprint density at radius 2 is 1.89 bits per heavy atom. The van der Waals surface area contributed by atoms with Crippen LogP contribution in [0.5, 0.6) is 0 Å². The normalized spacial score (nSPS) is 10.9. The largest absolute Gasteiger partial charge is 0.478 e. The fourth-order valence-corrected chi connectivity index (χ4v) is 2.23. The summed E-state index contributed by atoms with van der Waals surface area (Å²) in [6.45, 7) is 0.